The molecule has 0 saturated carbocycles. The van der Waals surface area contributed by atoms with E-state index >= 15 is 0 Å². The highest BCUT2D eigenvalue weighted by Gasteiger charge is 2.29. The molecule has 2 N–H and O–H groups in total. The molecule has 20 heavy (non-hydrogen) atoms. The van der Waals surface area contributed by atoms with Gasteiger partial charge in [-0.15, -0.1) is 12.4 Å². The van der Waals surface area contributed by atoms with Gasteiger partial charge in [-0.3, -0.25) is 4.79 Å². The Kier molecular flexibility index (Phi) is 8.00. The number of carbonyl (C=O) groups is 1. The number of likely N-dealkylation sites (N-methyl/N-ethyl adjacent to an activating group) is 1. The quantitative estimate of drug-likeness (QED) is 0.816. The fraction of sp³-hybridized carbons (Fsp3) is 0.417. The summed E-state index contributed by atoms with van der Waals surface area (Å²) in [6.45, 7) is 2.36. The Balaban J connectivity index is 0.00000361. The number of amides is 1. The minimum atomic E-state index is -4.31. The van der Waals surface area contributed by atoms with E-state index in [0.717, 1.165) is 0 Å². The van der Waals surface area contributed by atoms with Crippen molar-refractivity contribution in [2.45, 2.75) is 23.4 Å². The molecule has 0 bridgehead atoms. The molecule has 0 spiro atoms. The lowest BCUT2D eigenvalue weighted by Crippen LogP contribution is -2.37. The minimum Gasteiger partial charge on any atom is -0.350 e. The normalized spacial score (nSPS) is 12.4. The van der Waals surface area contributed by atoms with Crippen molar-refractivity contribution in [3.63, 3.8) is 0 Å². The Bertz CT molecular complexity index is 426. The van der Waals surface area contributed by atoms with Gasteiger partial charge in [0.2, 0.25) is 0 Å². The van der Waals surface area contributed by atoms with Crippen LogP contribution in [-0.4, -0.2) is 31.0 Å². The summed E-state index contributed by atoms with van der Waals surface area (Å²) in [5, 5.41) is 5.65. The molecule has 1 aromatic carbocycles. The third-order valence-corrected chi connectivity index (χ3v) is 3.15. The molecule has 1 aromatic rings. The fourth-order valence-electron chi connectivity index (χ4n) is 1.26. The van der Waals surface area contributed by atoms with E-state index in [1.807, 2.05) is 6.92 Å². The highest BCUT2D eigenvalue weighted by atomic mass is 35.5. The van der Waals surface area contributed by atoms with Gasteiger partial charge in [-0.05, 0) is 50.0 Å². The van der Waals surface area contributed by atoms with Gasteiger partial charge in [0, 0.05) is 23.0 Å². The summed E-state index contributed by atoms with van der Waals surface area (Å²) in [6.07, 6.45) is 0. The Hall–Kier alpha value is -0.920. The summed E-state index contributed by atoms with van der Waals surface area (Å²) in [5.41, 5.74) is -3.97. The first-order valence-corrected chi connectivity index (χ1v) is 6.45. The van der Waals surface area contributed by atoms with Crippen LogP contribution in [0.15, 0.2) is 29.2 Å². The molecule has 0 heterocycles. The first-order chi connectivity index (χ1) is 8.81. The summed E-state index contributed by atoms with van der Waals surface area (Å²) in [4.78, 5) is 11.8. The molecule has 0 aliphatic carbocycles. The number of rotatable bonds is 5. The van der Waals surface area contributed by atoms with Crippen LogP contribution in [0.3, 0.4) is 0 Å². The van der Waals surface area contributed by atoms with Crippen molar-refractivity contribution in [2.24, 2.45) is 0 Å². The van der Waals surface area contributed by atoms with Gasteiger partial charge in [0.15, 0.2) is 0 Å². The molecular formula is C12H16ClF3N2OS. The number of alkyl halides is 3. The molecule has 0 saturated heterocycles. The molecule has 1 atom stereocenters. The second-order valence-corrected chi connectivity index (χ2v) is 5.11. The van der Waals surface area contributed by atoms with E-state index in [0.29, 0.717) is 12.1 Å². The molecule has 0 fully saturated rings. The van der Waals surface area contributed by atoms with Gasteiger partial charge in [-0.2, -0.15) is 13.2 Å². The van der Waals surface area contributed by atoms with Crippen LogP contribution >= 0.6 is 24.2 Å². The van der Waals surface area contributed by atoms with Crippen molar-refractivity contribution in [2.75, 3.05) is 13.6 Å². The second-order valence-electron chi connectivity index (χ2n) is 3.97. The van der Waals surface area contributed by atoms with Gasteiger partial charge in [0.25, 0.3) is 5.91 Å². The zero-order valence-corrected chi connectivity index (χ0v) is 12.6. The van der Waals surface area contributed by atoms with Crippen molar-refractivity contribution < 1.29 is 18.0 Å². The third-order valence-electron chi connectivity index (χ3n) is 2.41. The van der Waals surface area contributed by atoms with Gasteiger partial charge in [-0.1, -0.05) is 0 Å². The molecule has 114 valence electrons. The average Bonchev–Trinajstić information content (AvgIpc) is 2.34. The van der Waals surface area contributed by atoms with E-state index < -0.39 is 5.51 Å². The van der Waals surface area contributed by atoms with Crippen LogP contribution in [0.2, 0.25) is 0 Å². The highest BCUT2D eigenvalue weighted by Crippen LogP contribution is 2.36. The van der Waals surface area contributed by atoms with Crippen LogP contribution in [-0.2, 0) is 0 Å². The maximum Gasteiger partial charge on any atom is 0.446 e. The molecule has 0 aliphatic rings. The van der Waals surface area contributed by atoms with Gasteiger partial charge in [0.05, 0.1) is 0 Å². The monoisotopic (exact) mass is 328 g/mol. The lowest BCUT2D eigenvalue weighted by Gasteiger charge is -2.11. The topological polar surface area (TPSA) is 41.1 Å². The molecule has 0 aromatic heterocycles. The SMILES string of the molecule is CNC(C)CNC(=O)c1ccc(SC(F)(F)F)cc1.Cl. The molecular weight excluding hydrogens is 313 g/mol. The van der Waals surface area contributed by atoms with Crippen molar-refractivity contribution >= 4 is 30.1 Å². The molecule has 0 aliphatic heterocycles. The van der Waals surface area contributed by atoms with Crippen LogP contribution in [0.4, 0.5) is 13.2 Å². The number of halogens is 4. The van der Waals surface area contributed by atoms with Gasteiger partial charge >= 0.3 is 5.51 Å². The molecule has 0 radical (unpaired) electrons. The largest absolute Gasteiger partial charge is 0.446 e. The smallest absolute Gasteiger partial charge is 0.350 e. The Labute approximate surface area is 126 Å². The maximum absolute atomic E-state index is 12.1. The molecule has 1 amide bonds. The standard InChI is InChI=1S/C12H15F3N2OS.ClH/c1-8(16-2)7-17-11(18)9-3-5-10(6-4-9)19-12(13,14)15;/h3-6,8,16H,7H2,1-2H3,(H,17,18);1H. The van der Waals surface area contributed by atoms with E-state index in [1.165, 1.54) is 24.3 Å². The van der Waals surface area contributed by atoms with Gasteiger partial charge in [-0.25, -0.2) is 0 Å². The lowest BCUT2D eigenvalue weighted by molar-refractivity contribution is -0.0328. The summed E-state index contributed by atoms with van der Waals surface area (Å²) in [5.74, 6) is -0.300. The summed E-state index contributed by atoms with van der Waals surface area (Å²) in [6, 6.07) is 5.47. The van der Waals surface area contributed by atoms with Crippen molar-refractivity contribution in [1.29, 1.82) is 0 Å². The number of benzene rings is 1. The van der Waals surface area contributed by atoms with Crippen molar-refractivity contribution in [3.05, 3.63) is 29.8 Å². The fourth-order valence-corrected chi connectivity index (χ4v) is 1.80. The van der Waals surface area contributed by atoms with Gasteiger partial charge < -0.3 is 10.6 Å². The minimum absolute atomic E-state index is 0. The van der Waals surface area contributed by atoms with E-state index in [4.69, 9.17) is 0 Å². The van der Waals surface area contributed by atoms with Crippen LogP contribution in [0.1, 0.15) is 17.3 Å². The number of hydrogen-bond donors (Lipinski definition) is 2. The van der Waals surface area contributed by atoms with Crippen LogP contribution in [0.25, 0.3) is 0 Å². The van der Waals surface area contributed by atoms with Crippen LogP contribution in [0, 0.1) is 0 Å². The molecule has 8 heteroatoms. The van der Waals surface area contributed by atoms with E-state index in [-0.39, 0.29) is 41.0 Å². The van der Waals surface area contributed by atoms with Crippen LogP contribution < -0.4 is 10.6 Å². The summed E-state index contributed by atoms with van der Waals surface area (Å²) in [7, 11) is 1.78. The number of nitrogens with one attached hydrogen (secondary N) is 2. The third kappa shape index (κ3) is 7.02. The van der Waals surface area contributed by atoms with Crippen LogP contribution in [0.5, 0.6) is 0 Å². The Morgan fingerprint density at radius 2 is 1.85 bits per heavy atom. The number of thioether (sulfide) groups is 1. The van der Waals surface area contributed by atoms with E-state index in [9.17, 15) is 18.0 Å². The second kappa shape index (κ2) is 8.39. The first kappa shape index (κ1) is 19.1. The summed E-state index contributed by atoms with van der Waals surface area (Å²) >= 11 is -0.199. The molecule has 1 rings (SSSR count). The average molecular weight is 329 g/mol. The molecule has 1 unspecified atom stereocenters. The predicted molar refractivity (Wildman–Crippen MR) is 76.5 cm³/mol. The number of carbonyl (C=O) groups excluding carboxylic acids is 1. The van der Waals surface area contributed by atoms with Crippen molar-refractivity contribution in [1.82, 2.24) is 10.6 Å². The van der Waals surface area contributed by atoms with E-state index in [2.05, 4.69) is 10.6 Å². The predicted octanol–water partition coefficient (Wildman–Crippen LogP) is 3.06. The molecule has 3 nitrogen and oxygen atoms in total. The lowest BCUT2D eigenvalue weighted by atomic mass is 10.2. The zero-order chi connectivity index (χ0) is 14.5. The summed E-state index contributed by atoms with van der Waals surface area (Å²) < 4.78 is 36.4. The Morgan fingerprint density at radius 3 is 2.30 bits per heavy atom. The van der Waals surface area contributed by atoms with E-state index in [1.54, 1.807) is 7.05 Å². The highest BCUT2D eigenvalue weighted by molar-refractivity contribution is 8.00. The zero-order valence-electron chi connectivity index (χ0n) is 11.0. The Morgan fingerprint density at radius 1 is 1.30 bits per heavy atom. The van der Waals surface area contributed by atoms with Crippen molar-refractivity contribution in [3.8, 4) is 0 Å². The first-order valence-electron chi connectivity index (χ1n) is 5.63. The van der Waals surface area contributed by atoms with Gasteiger partial charge in [0.1, 0.15) is 0 Å². The number of hydrogen-bond acceptors (Lipinski definition) is 3. The maximum atomic E-state index is 12.1.